The molecule has 23 heavy (non-hydrogen) atoms. The quantitative estimate of drug-likeness (QED) is 0.655. The van der Waals surface area contributed by atoms with E-state index in [1.165, 1.54) is 6.26 Å². The van der Waals surface area contributed by atoms with E-state index >= 15 is 0 Å². The molecule has 0 spiro atoms. The standard InChI is InChI=1S/C15H17BrN2O4.ClH/c16-13-3-1-2-4-14(13)22-9-11(19)7-18-15(20)10-5-12(6-17)21-8-10;/h1-5,8,11,19H,6-7,9,17H2,(H,18,20);1H. The number of carbonyl (C=O) groups excluding carboxylic acids is 1. The highest BCUT2D eigenvalue weighted by molar-refractivity contribution is 9.10. The van der Waals surface area contributed by atoms with Gasteiger partial charge < -0.3 is 25.3 Å². The number of hydrogen-bond acceptors (Lipinski definition) is 5. The van der Waals surface area contributed by atoms with Crippen LogP contribution in [0, 0.1) is 0 Å². The van der Waals surface area contributed by atoms with Crippen molar-refractivity contribution in [1.29, 1.82) is 0 Å². The Morgan fingerprint density at radius 2 is 2.17 bits per heavy atom. The third kappa shape index (κ3) is 5.87. The van der Waals surface area contributed by atoms with Gasteiger partial charge in [0.25, 0.3) is 5.91 Å². The molecule has 0 fully saturated rings. The Bertz CT molecular complexity index is 635. The topological polar surface area (TPSA) is 97.7 Å². The van der Waals surface area contributed by atoms with E-state index in [4.69, 9.17) is 14.9 Å². The number of amides is 1. The number of hydrogen-bond donors (Lipinski definition) is 3. The van der Waals surface area contributed by atoms with Gasteiger partial charge in [0, 0.05) is 6.54 Å². The summed E-state index contributed by atoms with van der Waals surface area (Å²) in [7, 11) is 0. The Morgan fingerprint density at radius 1 is 1.43 bits per heavy atom. The Hall–Kier alpha value is -1.54. The molecule has 1 aromatic heterocycles. The molecule has 0 bridgehead atoms. The summed E-state index contributed by atoms with van der Waals surface area (Å²) in [4.78, 5) is 11.8. The van der Waals surface area contributed by atoms with Crippen molar-refractivity contribution in [2.75, 3.05) is 13.2 Å². The van der Waals surface area contributed by atoms with Crippen molar-refractivity contribution in [2.45, 2.75) is 12.6 Å². The zero-order valence-electron chi connectivity index (χ0n) is 12.2. The fraction of sp³-hybridized carbons (Fsp3) is 0.267. The first-order valence-electron chi connectivity index (χ1n) is 6.71. The zero-order chi connectivity index (χ0) is 15.9. The second-order valence-corrected chi connectivity index (χ2v) is 5.47. The number of carbonyl (C=O) groups is 1. The van der Waals surface area contributed by atoms with Crippen LogP contribution in [-0.4, -0.2) is 30.3 Å². The Kier molecular flexibility index (Phi) is 8.11. The Balaban J connectivity index is 0.00000264. The van der Waals surface area contributed by atoms with E-state index in [0.717, 1.165) is 4.47 Å². The molecule has 1 atom stereocenters. The van der Waals surface area contributed by atoms with E-state index in [9.17, 15) is 9.90 Å². The smallest absolute Gasteiger partial charge is 0.254 e. The van der Waals surface area contributed by atoms with Gasteiger partial charge in [0.15, 0.2) is 0 Å². The third-order valence-electron chi connectivity index (χ3n) is 2.88. The lowest BCUT2D eigenvalue weighted by Gasteiger charge is -2.13. The van der Waals surface area contributed by atoms with Crippen LogP contribution in [-0.2, 0) is 6.54 Å². The molecule has 0 aliphatic heterocycles. The second-order valence-electron chi connectivity index (χ2n) is 4.61. The molecule has 2 rings (SSSR count). The number of aliphatic hydroxyl groups is 1. The maximum atomic E-state index is 11.8. The normalized spacial score (nSPS) is 11.4. The van der Waals surface area contributed by atoms with Crippen LogP contribution in [0.15, 0.2) is 45.5 Å². The molecular formula is C15H18BrClN2O4. The van der Waals surface area contributed by atoms with Crippen molar-refractivity contribution in [1.82, 2.24) is 5.32 Å². The molecule has 2 aromatic rings. The molecule has 1 amide bonds. The molecular weight excluding hydrogens is 388 g/mol. The number of nitrogens with two attached hydrogens (primary N) is 1. The predicted molar refractivity (Wildman–Crippen MR) is 91.8 cm³/mol. The SMILES string of the molecule is Cl.NCc1cc(C(=O)NCC(O)COc2ccccc2Br)co1. The molecule has 126 valence electrons. The maximum Gasteiger partial charge on any atom is 0.254 e. The fourth-order valence-electron chi connectivity index (χ4n) is 1.73. The summed E-state index contributed by atoms with van der Waals surface area (Å²) in [6, 6.07) is 8.90. The summed E-state index contributed by atoms with van der Waals surface area (Å²) in [5, 5.41) is 12.5. The van der Waals surface area contributed by atoms with Crippen molar-refractivity contribution in [3.05, 3.63) is 52.4 Å². The van der Waals surface area contributed by atoms with Crippen LogP contribution >= 0.6 is 28.3 Å². The lowest BCUT2D eigenvalue weighted by Crippen LogP contribution is -2.35. The summed E-state index contributed by atoms with van der Waals surface area (Å²) in [5.74, 6) is 0.835. The number of ether oxygens (including phenoxy) is 1. The van der Waals surface area contributed by atoms with Crippen LogP contribution in [0.1, 0.15) is 16.1 Å². The Labute approximate surface area is 148 Å². The zero-order valence-corrected chi connectivity index (χ0v) is 14.6. The molecule has 0 aliphatic carbocycles. The van der Waals surface area contributed by atoms with Gasteiger partial charge in [-0.25, -0.2) is 0 Å². The van der Waals surface area contributed by atoms with Gasteiger partial charge in [-0.2, -0.15) is 0 Å². The molecule has 0 aliphatic rings. The third-order valence-corrected chi connectivity index (χ3v) is 3.54. The van der Waals surface area contributed by atoms with Crippen molar-refractivity contribution >= 4 is 34.2 Å². The first-order chi connectivity index (χ1) is 10.6. The fourth-order valence-corrected chi connectivity index (χ4v) is 2.13. The van der Waals surface area contributed by atoms with Gasteiger partial charge in [0.05, 0.1) is 16.6 Å². The number of aliphatic hydroxyl groups excluding tert-OH is 1. The number of rotatable bonds is 7. The minimum atomic E-state index is -0.822. The average molecular weight is 406 g/mol. The lowest BCUT2D eigenvalue weighted by molar-refractivity contribution is 0.0842. The molecule has 4 N–H and O–H groups in total. The van der Waals surface area contributed by atoms with Crippen LogP contribution in [0.2, 0.25) is 0 Å². The summed E-state index contributed by atoms with van der Waals surface area (Å²) < 4.78 is 11.4. The molecule has 0 saturated heterocycles. The molecule has 0 radical (unpaired) electrons. The molecule has 8 heteroatoms. The molecule has 1 heterocycles. The minimum absolute atomic E-state index is 0. The van der Waals surface area contributed by atoms with Gasteiger partial charge in [0.2, 0.25) is 0 Å². The summed E-state index contributed by atoms with van der Waals surface area (Å²) >= 11 is 3.35. The summed E-state index contributed by atoms with van der Waals surface area (Å²) in [5.41, 5.74) is 5.78. The van der Waals surface area contributed by atoms with Crippen LogP contribution in [0.5, 0.6) is 5.75 Å². The molecule has 0 saturated carbocycles. The van der Waals surface area contributed by atoms with Crippen molar-refractivity contribution in [2.24, 2.45) is 5.73 Å². The van der Waals surface area contributed by atoms with E-state index in [-0.39, 0.29) is 38.0 Å². The van der Waals surface area contributed by atoms with Crippen molar-refractivity contribution < 1.29 is 19.1 Å². The van der Waals surface area contributed by atoms with Crippen LogP contribution in [0.25, 0.3) is 0 Å². The maximum absolute atomic E-state index is 11.8. The van der Waals surface area contributed by atoms with E-state index in [0.29, 0.717) is 17.1 Å². The number of halogens is 2. The van der Waals surface area contributed by atoms with Gasteiger partial charge >= 0.3 is 0 Å². The molecule has 6 nitrogen and oxygen atoms in total. The summed E-state index contributed by atoms with van der Waals surface area (Å²) in [6.07, 6.45) is 0.513. The first-order valence-corrected chi connectivity index (χ1v) is 7.50. The van der Waals surface area contributed by atoms with Crippen molar-refractivity contribution in [3.63, 3.8) is 0 Å². The number of nitrogens with one attached hydrogen (secondary N) is 1. The van der Waals surface area contributed by atoms with Crippen LogP contribution < -0.4 is 15.8 Å². The molecule has 1 aromatic carbocycles. The number of benzene rings is 1. The van der Waals surface area contributed by atoms with E-state index in [1.807, 2.05) is 18.2 Å². The summed E-state index contributed by atoms with van der Waals surface area (Å²) in [6.45, 7) is 0.379. The first kappa shape index (κ1) is 19.5. The van der Waals surface area contributed by atoms with Gasteiger partial charge in [-0.3, -0.25) is 4.79 Å². The van der Waals surface area contributed by atoms with Crippen molar-refractivity contribution in [3.8, 4) is 5.75 Å². The largest absolute Gasteiger partial charge is 0.490 e. The van der Waals surface area contributed by atoms with Gasteiger partial charge in [-0.1, -0.05) is 12.1 Å². The highest BCUT2D eigenvalue weighted by Gasteiger charge is 2.12. The van der Waals surface area contributed by atoms with Gasteiger partial charge in [-0.15, -0.1) is 12.4 Å². The van der Waals surface area contributed by atoms with Gasteiger partial charge in [-0.05, 0) is 34.1 Å². The van der Waals surface area contributed by atoms with Crippen LogP contribution in [0.4, 0.5) is 0 Å². The van der Waals surface area contributed by atoms with Gasteiger partial charge in [0.1, 0.15) is 30.5 Å². The van der Waals surface area contributed by atoms with E-state index in [1.54, 1.807) is 12.1 Å². The van der Waals surface area contributed by atoms with E-state index < -0.39 is 6.10 Å². The Morgan fingerprint density at radius 3 is 2.83 bits per heavy atom. The minimum Gasteiger partial charge on any atom is -0.490 e. The second kappa shape index (κ2) is 9.57. The highest BCUT2D eigenvalue weighted by atomic mass is 79.9. The predicted octanol–water partition coefficient (Wildman–Crippen LogP) is 2.09. The van der Waals surface area contributed by atoms with Crippen LogP contribution in [0.3, 0.4) is 0 Å². The average Bonchev–Trinajstić information content (AvgIpc) is 3.01. The molecule has 1 unspecified atom stereocenters. The highest BCUT2D eigenvalue weighted by Crippen LogP contribution is 2.23. The number of para-hydroxylation sites is 1. The lowest BCUT2D eigenvalue weighted by atomic mass is 10.2. The monoisotopic (exact) mass is 404 g/mol. The van der Waals surface area contributed by atoms with E-state index in [2.05, 4.69) is 21.2 Å². The number of furan rings is 1.